The lowest BCUT2D eigenvalue weighted by molar-refractivity contribution is 0.614. The van der Waals surface area contributed by atoms with E-state index < -0.39 is 0 Å². The second-order valence-corrected chi connectivity index (χ2v) is 5.40. The molecule has 2 rings (SSSR count). The van der Waals surface area contributed by atoms with Crippen LogP contribution in [0.3, 0.4) is 0 Å². The number of halogens is 3. The van der Waals surface area contributed by atoms with E-state index >= 15 is 0 Å². The van der Waals surface area contributed by atoms with E-state index in [1.807, 2.05) is 25.1 Å². The number of aromatic nitrogens is 1. The summed E-state index contributed by atoms with van der Waals surface area (Å²) in [6.45, 7) is 2.04. The monoisotopic (exact) mass is 342 g/mol. The molecule has 0 saturated carbocycles. The van der Waals surface area contributed by atoms with Crippen molar-refractivity contribution in [3.63, 3.8) is 0 Å². The average molecular weight is 344 g/mol. The summed E-state index contributed by atoms with van der Waals surface area (Å²) in [5.74, 6) is -0.328. The molecule has 0 aliphatic heterocycles. The molecule has 2 nitrogen and oxygen atoms in total. The topological polar surface area (TPSA) is 24.9 Å². The zero-order chi connectivity index (χ0) is 13.8. The summed E-state index contributed by atoms with van der Waals surface area (Å²) in [6, 6.07) is 8.80. The van der Waals surface area contributed by atoms with Gasteiger partial charge in [-0.15, -0.1) is 0 Å². The van der Waals surface area contributed by atoms with Crippen molar-refractivity contribution >= 4 is 33.2 Å². The average Bonchev–Trinajstić information content (AvgIpc) is 2.41. The highest BCUT2D eigenvalue weighted by Crippen LogP contribution is 2.28. The Labute approximate surface area is 125 Å². The van der Waals surface area contributed by atoms with E-state index in [2.05, 4.69) is 26.2 Å². The van der Waals surface area contributed by atoms with Gasteiger partial charge in [0.2, 0.25) is 0 Å². The fourth-order valence-corrected chi connectivity index (χ4v) is 2.19. The van der Waals surface area contributed by atoms with Crippen molar-refractivity contribution in [3.8, 4) is 0 Å². The third kappa shape index (κ3) is 3.67. The molecule has 0 saturated heterocycles. The maximum atomic E-state index is 12.9. The maximum Gasteiger partial charge on any atom is 0.141 e. The maximum absolute atomic E-state index is 12.9. The number of hydrogen-bond acceptors (Lipinski definition) is 2. The molecule has 0 fully saturated rings. The van der Waals surface area contributed by atoms with Crippen LogP contribution < -0.4 is 5.32 Å². The first kappa shape index (κ1) is 14.3. The minimum atomic E-state index is -0.328. The van der Waals surface area contributed by atoms with Gasteiger partial charge >= 0.3 is 0 Å². The van der Waals surface area contributed by atoms with Crippen molar-refractivity contribution in [2.24, 2.45) is 0 Å². The van der Waals surface area contributed by atoms with Gasteiger partial charge in [-0.3, -0.25) is 4.98 Å². The molecule has 0 bridgehead atoms. The van der Waals surface area contributed by atoms with E-state index in [1.54, 1.807) is 6.07 Å². The quantitative estimate of drug-likeness (QED) is 0.825. The minimum Gasteiger partial charge on any atom is -0.377 e. The van der Waals surface area contributed by atoms with Crippen LogP contribution in [0.4, 0.5) is 10.1 Å². The van der Waals surface area contributed by atoms with Gasteiger partial charge < -0.3 is 5.32 Å². The minimum absolute atomic E-state index is 0.0258. The van der Waals surface area contributed by atoms with Gasteiger partial charge in [0, 0.05) is 10.2 Å². The van der Waals surface area contributed by atoms with Crippen molar-refractivity contribution in [3.05, 3.63) is 57.5 Å². The van der Waals surface area contributed by atoms with Crippen LogP contribution in [0.2, 0.25) is 5.02 Å². The Morgan fingerprint density at radius 1 is 1.37 bits per heavy atom. The Morgan fingerprint density at radius 3 is 2.74 bits per heavy atom. The second-order valence-electron chi connectivity index (χ2n) is 4.14. The highest BCUT2D eigenvalue weighted by molar-refractivity contribution is 9.10. The Kier molecular flexibility index (Phi) is 4.77. The standard InChI is InChI=1S/C14H13BrClFN2/c1-2-13(14-6-3-9(17)8-18-14)19-10-4-5-11(15)12(16)7-10/h3-8,13,19H,2H2,1H3. The largest absolute Gasteiger partial charge is 0.377 e. The highest BCUT2D eigenvalue weighted by Gasteiger charge is 2.11. The molecule has 1 aromatic heterocycles. The molecule has 5 heteroatoms. The Hall–Kier alpha value is -1.13. The van der Waals surface area contributed by atoms with Crippen LogP contribution in [0, 0.1) is 5.82 Å². The summed E-state index contributed by atoms with van der Waals surface area (Å²) in [4.78, 5) is 4.11. The molecule has 100 valence electrons. The number of hydrogen-bond donors (Lipinski definition) is 1. The van der Waals surface area contributed by atoms with Crippen LogP contribution in [0.1, 0.15) is 25.1 Å². The Bertz CT molecular complexity index is 560. The number of rotatable bonds is 4. The fraction of sp³-hybridized carbons (Fsp3) is 0.214. The van der Waals surface area contributed by atoms with E-state index in [1.165, 1.54) is 12.3 Å². The van der Waals surface area contributed by atoms with Gasteiger partial charge in [0.05, 0.1) is 23.0 Å². The number of nitrogens with one attached hydrogen (secondary N) is 1. The molecule has 1 aromatic carbocycles. The normalized spacial score (nSPS) is 12.2. The zero-order valence-corrected chi connectivity index (χ0v) is 12.7. The van der Waals surface area contributed by atoms with Gasteiger partial charge in [-0.25, -0.2) is 4.39 Å². The number of nitrogens with zero attached hydrogens (tertiary/aromatic N) is 1. The molecular formula is C14H13BrClFN2. The van der Waals surface area contributed by atoms with Crippen molar-refractivity contribution in [1.29, 1.82) is 0 Å². The molecule has 0 radical (unpaired) electrons. The molecule has 1 heterocycles. The van der Waals surface area contributed by atoms with E-state index in [4.69, 9.17) is 11.6 Å². The van der Waals surface area contributed by atoms with Gasteiger partial charge in [-0.1, -0.05) is 18.5 Å². The summed E-state index contributed by atoms with van der Waals surface area (Å²) in [5.41, 5.74) is 1.72. The van der Waals surface area contributed by atoms with E-state index in [-0.39, 0.29) is 11.9 Å². The zero-order valence-electron chi connectivity index (χ0n) is 10.3. The van der Waals surface area contributed by atoms with Gasteiger partial charge in [-0.05, 0) is 52.7 Å². The lowest BCUT2D eigenvalue weighted by atomic mass is 10.1. The first-order valence-corrected chi connectivity index (χ1v) is 7.10. The number of pyridine rings is 1. The first-order valence-electron chi connectivity index (χ1n) is 5.93. The molecule has 1 unspecified atom stereocenters. The predicted octanol–water partition coefficient (Wildman–Crippen LogP) is 5.20. The van der Waals surface area contributed by atoms with Crippen LogP contribution >= 0.6 is 27.5 Å². The van der Waals surface area contributed by atoms with E-state index in [0.29, 0.717) is 5.02 Å². The summed E-state index contributed by atoms with van der Waals surface area (Å²) in [5, 5.41) is 3.99. The summed E-state index contributed by atoms with van der Waals surface area (Å²) < 4.78 is 13.7. The van der Waals surface area contributed by atoms with Gasteiger partial charge in [0.1, 0.15) is 5.82 Å². The van der Waals surface area contributed by atoms with Crippen LogP contribution in [-0.4, -0.2) is 4.98 Å². The van der Waals surface area contributed by atoms with Crippen LogP contribution in [-0.2, 0) is 0 Å². The lowest BCUT2D eigenvalue weighted by Crippen LogP contribution is -2.11. The summed E-state index contributed by atoms with van der Waals surface area (Å²) in [7, 11) is 0. The highest BCUT2D eigenvalue weighted by atomic mass is 79.9. The number of anilines is 1. The Balaban J connectivity index is 2.18. The van der Waals surface area contributed by atoms with Gasteiger partial charge in [0.25, 0.3) is 0 Å². The van der Waals surface area contributed by atoms with E-state index in [0.717, 1.165) is 22.3 Å². The fourth-order valence-electron chi connectivity index (χ4n) is 1.77. The Morgan fingerprint density at radius 2 is 2.16 bits per heavy atom. The molecule has 19 heavy (non-hydrogen) atoms. The molecule has 1 N–H and O–H groups in total. The molecule has 0 spiro atoms. The van der Waals surface area contributed by atoms with Crippen molar-refractivity contribution in [2.45, 2.75) is 19.4 Å². The first-order chi connectivity index (χ1) is 9.10. The van der Waals surface area contributed by atoms with Crippen LogP contribution in [0.15, 0.2) is 41.0 Å². The third-order valence-corrected chi connectivity index (χ3v) is 4.01. The molecule has 1 atom stereocenters. The molecule has 0 aliphatic carbocycles. The summed E-state index contributed by atoms with van der Waals surface area (Å²) >= 11 is 9.41. The summed E-state index contributed by atoms with van der Waals surface area (Å²) in [6.07, 6.45) is 2.07. The predicted molar refractivity (Wildman–Crippen MR) is 80.0 cm³/mol. The van der Waals surface area contributed by atoms with Crippen molar-refractivity contribution in [2.75, 3.05) is 5.32 Å². The molecule has 0 aliphatic rings. The second kappa shape index (κ2) is 6.35. The van der Waals surface area contributed by atoms with Crippen LogP contribution in [0.5, 0.6) is 0 Å². The lowest BCUT2D eigenvalue weighted by Gasteiger charge is -2.18. The molecule has 2 aromatic rings. The third-order valence-electron chi connectivity index (χ3n) is 2.78. The smallest absolute Gasteiger partial charge is 0.141 e. The van der Waals surface area contributed by atoms with Crippen LogP contribution in [0.25, 0.3) is 0 Å². The molecule has 0 amide bonds. The number of benzene rings is 1. The SMILES string of the molecule is CCC(Nc1ccc(Br)c(Cl)c1)c1ccc(F)cn1. The van der Waals surface area contributed by atoms with E-state index in [9.17, 15) is 4.39 Å². The van der Waals surface area contributed by atoms with Crippen molar-refractivity contribution in [1.82, 2.24) is 4.98 Å². The van der Waals surface area contributed by atoms with Crippen molar-refractivity contribution < 1.29 is 4.39 Å². The van der Waals surface area contributed by atoms with Gasteiger partial charge in [0.15, 0.2) is 0 Å². The molecular weight excluding hydrogens is 331 g/mol. The van der Waals surface area contributed by atoms with Gasteiger partial charge in [-0.2, -0.15) is 0 Å².